The zero-order valence-electron chi connectivity index (χ0n) is 27.6. The molecular weight excluding hydrogens is 627 g/mol. The minimum absolute atomic E-state index is 0.167. The molecule has 0 aliphatic carbocycles. The number of hydrogen-bond acceptors (Lipinski definition) is 3. The number of thiol groups is 1. The molecule has 0 heterocycles. The van der Waals surface area contributed by atoms with Crippen LogP contribution in [-0.2, 0) is 0 Å². The number of hydrogen-bond donors (Lipinski definition) is 3. The number of nitrogens with one attached hydrogen (secondary N) is 1. The Labute approximate surface area is 297 Å². The minimum Gasteiger partial charge on any atom is -0.399 e. The van der Waals surface area contributed by atoms with Crippen LogP contribution in [0.5, 0.6) is 0 Å². The molecule has 0 spiro atoms. The number of benzene rings is 7. The van der Waals surface area contributed by atoms with Crippen molar-refractivity contribution in [3.8, 4) is 0 Å². The highest BCUT2D eigenvalue weighted by molar-refractivity contribution is 7.80. The summed E-state index contributed by atoms with van der Waals surface area (Å²) >= 11 is 4.71. The van der Waals surface area contributed by atoms with Crippen LogP contribution in [0.4, 0.5) is 17.1 Å². The lowest BCUT2D eigenvalue weighted by Crippen LogP contribution is -2.74. The van der Waals surface area contributed by atoms with Crippen molar-refractivity contribution < 1.29 is 0 Å². The fraction of sp³-hybridized carbons (Fsp3) is 0.0455. The predicted octanol–water partition coefficient (Wildman–Crippen LogP) is 5.90. The average Bonchev–Trinajstić information content (AvgIpc) is 3.16. The Hall–Kier alpha value is -5.23. The largest absolute Gasteiger partial charge is 0.399 e. The molecule has 7 aromatic carbocycles. The first-order valence-corrected chi connectivity index (χ1v) is 19.3. The Kier molecular flexibility index (Phi) is 9.56. The van der Waals surface area contributed by atoms with Gasteiger partial charge in [0.15, 0.2) is 8.07 Å². The van der Waals surface area contributed by atoms with Crippen LogP contribution in [-0.4, -0.2) is 14.8 Å². The summed E-state index contributed by atoms with van der Waals surface area (Å²) in [5.41, 5.74) is 14.1. The molecule has 0 aliphatic heterocycles. The van der Waals surface area contributed by atoms with Gasteiger partial charge in [-0.25, -0.2) is 0 Å². The lowest BCUT2D eigenvalue weighted by atomic mass is 9.37. The Morgan fingerprint density at radius 1 is 0.469 bits per heavy atom. The van der Waals surface area contributed by atoms with Crippen LogP contribution in [0.2, 0.25) is 0 Å². The zero-order valence-corrected chi connectivity index (χ0v) is 29.5. The minimum atomic E-state index is -2.69. The van der Waals surface area contributed by atoms with Crippen molar-refractivity contribution in [3.05, 3.63) is 194 Å². The molecule has 2 unspecified atom stereocenters. The van der Waals surface area contributed by atoms with Crippen LogP contribution in [0.15, 0.2) is 188 Å². The number of nitrogens with two attached hydrogens (primary N) is 1. The molecule has 0 bridgehead atoms. The Bertz CT molecular complexity index is 2050. The third kappa shape index (κ3) is 6.73. The van der Waals surface area contributed by atoms with E-state index >= 15 is 0 Å². The molecule has 5 heteroatoms. The Balaban J connectivity index is 1.24. The first-order chi connectivity index (χ1) is 24.0. The van der Waals surface area contributed by atoms with E-state index in [4.69, 9.17) is 18.4 Å². The van der Waals surface area contributed by atoms with E-state index in [1.165, 1.54) is 42.7 Å². The molecule has 7 rings (SSSR count). The number of nitrogen functional groups attached to an aromatic ring is 1. The second-order valence-corrected chi connectivity index (χ2v) is 17.2. The molecule has 3 N–H and O–H groups in total. The predicted molar refractivity (Wildman–Crippen MR) is 219 cm³/mol. The van der Waals surface area contributed by atoms with Crippen molar-refractivity contribution in [1.82, 2.24) is 0 Å². The van der Waals surface area contributed by atoms with Gasteiger partial charge in [-0.2, -0.15) is 12.6 Å². The molecule has 0 fully saturated rings. The lowest BCUT2D eigenvalue weighted by molar-refractivity contribution is 1.11. The van der Waals surface area contributed by atoms with E-state index in [0.29, 0.717) is 0 Å². The molecule has 0 saturated heterocycles. The molecule has 0 amide bonds. The van der Waals surface area contributed by atoms with Crippen molar-refractivity contribution in [3.63, 3.8) is 0 Å². The molecule has 7 aromatic rings. The summed E-state index contributed by atoms with van der Waals surface area (Å²) in [6.45, 7) is 2.29. The van der Waals surface area contributed by atoms with Crippen LogP contribution in [0.25, 0.3) is 0 Å². The van der Waals surface area contributed by atoms with Crippen LogP contribution in [0.3, 0.4) is 0 Å². The molecular formula is C44H39BN2SSi. The standard InChI is InChI=1S/C44H39BN2SSi/c1-33(48)34-17-27-42(28-18-34)49(41-15-9-4-10-16-41,43-29-21-38(46)22-30-43)44-31-25-40(26-32-44)47-39-23-19-37(20-24-39)45(35-11-5-2-6-12-35)36-13-7-3-8-14-36/h2-33,47-48H,46H2,1H3. The van der Waals surface area contributed by atoms with Crippen LogP contribution in [0.1, 0.15) is 17.7 Å². The van der Waals surface area contributed by atoms with Crippen LogP contribution < -0.4 is 48.2 Å². The van der Waals surface area contributed by atoms with Gasteiger partial charge in [-0.05, 0) is 69.6 Å². The van der Waals surface area contributed by atoms with Gasteiger partial charge in [0.2, 0.25) is 6.71 Å². The zero-order chi connectivity index (χ0) is 33.6. The lowest BCUT2D eigenvalue weighted by Gasteiger charge is -2.34. The van der Waals surface area contributed by atoms with Gasteiger partial charge in [0.1, 0.15) is 0 Å². The smallest absolute Gasteiger partial charge is 0.241 e. The average molecular weight is 667 g/mol. The maximum atomic E-state index is 6.22. The molecule has 0 radical (unpaired) electrons. The quantitative estimate of drug-likeness (QED) is 0.0737. The highest BCUT2D eigenvalue weighted by Crippen LogP contribution is 2.20. The van der Waals surface area contributed by atoms with Crippen molar-refractivity contribution in [2.75, 3.05) is 11.1 Å². The van der Waals surface area contributed by atoms with Crippen molar-refractivity contribution in [2.45, 2.75) is 12.2 Å². The normalized spacial score (nSPS) is 12.9. The van der Waals surface area contributed by atoms with Gasteiger partial charge in [-0.1, -0.05) is 168 Å². The van der Waals surface area contributed by atoms with Crippen molar-refractivity contribution in [1.29, 1.82) is 0 Å². The first-order valence-electron chi connectivity index (χ1n) is 16.8. The summed E-state index contributed by atoms with van der Waals surface area (Å²) in [4.78, 5) is 0. The second-order valence-electron chi connectivity index (χ2n) is 12.6. The SMILES string of the molecule is CC(S)c1ccc([Si](c2ccccc2)(c2ccc(N)cc2)c2ccc(Nc3ccc(B(c4ccccc4)c4ccccc4)cc3)cc2)cc1. The highest BCUT2D eigenvalue weighted by atomic mass is 32.1. The summed E-state index contributed by atoms with van der Waals surface area (Å²) < 4.78 is 0. The van der Waals surface area contributed by atoms with Crippen molar-refractivity contribution >= 4 is 81.6 Å². The molecule has 2 atom stereocenters. The third-order valence-electron chi connectivity index (χ3n) is 9.49. The molecule has 0 aromatic heterocycles. The Morgan fingerprint density at radius 3 is 1.31 bits per heavy atom. The summed E-state index contributed by atoms with van der Waals surface area (Å²) in [5.74, 6) is 0. The van der Waals surface area contributed by atoms with Gasteiger partial charge in [-0.3, -0.25) is 0 Å². The molecule has 2 nitrogen and oxygen atoms in total. The van der Waals surface area contributed by atoms with Gasteiger partial charge < -0.3 is 11.1 Å². The van der Waals surface area contributed by atoms with Gasteiger partial charge in [0.25, 0.3) is 0 Å². The fourth-order valence-corrected chi connectivity index (χ4v) is 11.9. The fourth-order valence-electron chi connectivity index (χ4n) is 7.03. The third-order valence-corrected chi connectivity index (χ3v) is 14.6. The second kappa shape index (κ2) is 14.5. The first kappa shape index (κ1) is 32.3. The molecule has 49 heavy (non-hydrogen) atoms. The van der Waals surface area contributed by atoms with Crippen molar-refractivity contribution in [2.24, 2.45) is 0 Å². The number of anilines is 3. The summed E-state index contributed by atoms with van der Waals surface area (Å²) in [6, 6.07) is 67.9. The van der Waals surface area contributed by atoms with Crippen LogP contribution >= 0.6 is 12.6 Å². The van der Waals surface area contributed by atoms with E-state index in [2.05, 4.69) is 188 Å². The highest BCUT2D eigenvalue weighted by Gasteiger charge is 2.41. The summed E-state index contributed by atoms with van der Waals surface area (Å²) in [6.07, 6.45) is 0. The van der Waals surface area contributed by atoms with E-state index in [1.54, 1.807) is 0 Å². The summed E-state index contributed by atoms with van der Waals surface area (Å²) in [7, 11) is -2.69. The van der Waals surface area contributed by atoms with E-state index < -0.39 is 8.07 Å². The van der Waals surface area contributed by atoms with Gasteiger partial charge in [0, 0.05) is 22.3 Å². The molecule has 238 valence electrons. The van der Waals surface area contributed by atoms with E-state index in [9.17, 15) is 0 Å². The van der Waals surface area contributed by atoms with Gasteiger partial charge >= 0.3 is 0 Å². The molecule has 0 saturated carbocycles. The van der Waals surface area contributed by atoms with Crippen LogP contribution in [0, 0.1) is 0 Å². The monoisotopic (exact) mass is 666 g/mol. The molecule has 0 aliphatic rings. The van der Waals surface area contributed by atoms with Gasteiger partial charge in [-0.15, -0.1) is 0 Å². The maximum absolute atomic E-state index is 6.22. The van der Waals surface area contributed by atoms with Gasteiger partial charge in [0.05, 0.1) is 0 Å². The Morgan fingerprint density at radius 2 is 0.837 bits per heavy atom. The van der Waals surface area contributed by atoms with E-state index in [1.807, 2.05) is 12.1 Å². The maximum Gasteiger partial charge on any atom is 0.241 e. The topological polar surface area (TPSA) is 38.0 Å². The van der Waals surface area contributed by atoms with E-state index in [-0.39, 0.29) is 12.0 Å². The number of rotatable bonds is 10. The summed E-state index contributed by atoms with van der Waals surface area (Å²) in [5, 5.41) is 9.09. The van der Waals surface area contributed by atoms with E-state index in [0.717, 1.165) is 17.1 Å².